The topological polar surface area (TPSA) is 127 Å². The Balaban J connectivity index is 1.56. The van der Waals surface area contributed by atoms with Gasteiger partial charge in [0.25, 0.3) is 5.89 Å². The maximum absolute atomic E-state index is 11.8. The van der Waals surface area contributed by atoms with Crippen LogP contribution in [0.4, 0.5) is 5.69 Å². The number of para-hydroxylation sites is 3. The van der Waals surface area contributed by atoms with Crippen LogP contribution in [0, 0.1) is 10.1 Å². The summed E-state index contributed by atoms with van der Waals surface area (Å²) in [6.45, 7) is -0.764. The molecule has 0 saturated heterocycles. The van der Waals surface area contributed by atoms with Gasteiger partial charge in [0.05, 0.1) is 17.6 Å². The highest BCUT2D eigenvalue weighted by Crippen LogP contribution is 2.27. The Kier molecular flexibility index (Phi) is 5.80. The molecule has 0 unspecified atom stereocenters. The Hall–Kier alpha value is -3.95. The van der Waals surface area contributed by atoms with Crippen LogP contribution in [0.3, 0.4) is 0 Å². The molecule has 0 atom stereocenters. The Morgan fingerprint density at radius 2 is 1.86 bits per heavy atom. The third-order valence-electron chi connectivity index (χ3n) is 3.58. The molecule has 0 saturated carbocycles. The molecule has 1 heterocycles. The van der Waals surface area contributed by atoms with Gasteiger partial charge in [0.2, 0.25) is 5.82 Å². The maximum Gasteiger partial charge on any atom is 0.344 e. The number of benzene rings is 2. The van der Waals surface area contributed by atoms with E-state index in [1.807, 2.05) is 6.07 Å². The van der Waals surface area contributed by atoms with E-state index in [0.717, 1.165) is 0 Å². The number of hydrogen-bond donors (Lipinski definition) is 0. The standard InChI is InChI=1S/C18H15N3O7/c1-25-14-8-4-2-6-12(14)18-19-16(28-20-18)10-27-17(22)11-26-15-9-5-3-7-13(15)21(23)24/h2-9H,10-11H2,1H3. The van der Waals surface area contributed by atoms with Crippen molar-refractivity contribution in [2.75, 3.05) is 13.7 Å². The highest BCUT2D eigenvalue weighted by Gasteiger charge is 2.17. The number of carbonyl (C=O) groups excluding carboxylic acids is 1. The molecule has 2 aromatic carbocycles. The third kappa shape index (κ3) is 4.41. The van der Waals surface area contributed by atoms with Gasteiger partial charge in [-0.25, -0.2) is 4.79 Å². The van der Waals surface area contributed by atoms with E-state index in [0.29, 0.717) is 17.1 Å². The zero-order valence-electron chi connectivity index (χ0n) is 14.7. The molecule has 0 N–H and O–H groups in total. The van der Waals surface area contributed by atoms with Gasteiger partial charge in [0.1, 0.15) is 5.75 Å². The largest absolute Gasteiger partial charge is 0.496 e. The van der Waals surface area contributed by atoms with Crippen molar-refractivity contribution < 1.29 is 28.5 Å². The van der Waals surface area contributed by atoms with Gasteiger partial charge in [-0.3, -0.25) is 10.1 Å². The van der Waals surface area contributed by atoms with E-state index in [1.165, 1.54) is 25.3 Å². The van der Waals surface area contributed by atoms with Crippen LogP contribution in [-0.2, 0) is 16.1 Å². The minimum Gasteiger partial charge on any atom is -0.496 e. The predicted octanol–water partition coefficient (Wildman–Crippen LogP) is 2.78. The van der Waals surface area contributed by atoms with Gasteiger partial charge >= 0.3 is 11.7 Å². The van der Waals surface area contributed by atoms with E-state index in [9.17, 15) is 14.9 Å². The first-order valence-electron chi connectivity index (χ1n) is 8.06. The van der Waals surface area contributed by atoms with Gasteiger partial charge in [-0.15, -0.1) is 0 Å². The van der Waals surface area contributed by atoms with E-state index in [2.05, 4.69) is 10.1 Å². The molecular weight excluding hydrogens is 370 g/mol. The number of nitro groups is 1. The lowest BCUT2D eigenvalue weighted by Gasteiger charge is -2.06. The number of aromatic nitrogens is 2. The molecule has 144 valence electrons. The lowest BCUT2D eigenvalue weighted by molar-refractivity contribution is -0.385. The van der Waals surface area contributed by atoms with Crippen molar-refractivity contribution in [1.82, 2.24) is 10.1 Å². The first-order valence-corrected chi connectivity index (χ1v) is 8.06. The summed E-state index contributed by atoms with van der Waals surface area (Å²) in [5.74, 6) is 0.181. The third-order valence-corrected chi connectivity index (χ3v) is 3.58. The maximum atomic E-state index is 11.8. The first-order chi connectivity index (χ1) is 13.6. The van der Waals surface area contributed by atoms with Gasteiger partial charge in [-0.05, 0) is 18.2 Å². The number of carbonyl (C=O) groups is 1. The number of hydrogen-bond acceptors (Lipinski definition) is 9. The van der Waals surface area contributed by atoms with Crippen LogP contribution in [0.2, 0.25) is 0 Å². The van der Waals surface area contributed by atoms with Crippen molar-refractivity contribution in [3.63, 3.8) is 0 Å². The van der Waals surface area contributed by atoms with Gasteiger partial charge < -0.3 is 18.7 Å². The number of esters is 1. The zero-order valence-corrected chi connectivity index (χ0v) is 14.7. The molecule has 0 aliphatic rings. The summed E-state index contributed by atoms with van der Waals surface area (Å²) >= 11 is 0. The van der Waals surface area contributed by atoms with Crippen LogP contribution in [0.25, 0.3) is 11.4 Å². The molecule has 0 aliphatic heterocycles. The fourth-order valence-electron chi connectivity index (χ4n) is 2.30. The van der Waals surface area contributed by atoms with Crippen LogP contribution in [0.1, 0.15) is 5.89 Å². The molecule has 0 spiro atoms. The van der Waals surface area contributed by atoms with Crippen LogP contribution < -0.4 is 9.47 Å². The zero-order chi connectivity index (χ0) is 19.9. The van der Waals surface area contributed by atoms with E-state index in [4.69, 9.17) is 18.7 Å². The number of methoxy groups -OCH3 is 1. The summed E-state index contributed by atoms with van der Waals surface area (Å²) in [6, 6.07) is 12.9. The smallest absolute Gasteiger partial charge is 0.344 e. The molecule has 0 bridgehead atoms. The molecule has 0 amide bonds. The summed E-state index contributed by atoms with van der Waals surface area (Å²) in [5.41, 5.74) is 0.389. The highest BCUT2D eigenvalue weighted by atomic mass is 16.6. The summed E-state index contributed by atoms with van der Waals surface area (Å²) in [5, 5.41) is 14.7. The second-order valence-corrected chi connectivity index (χ2v) is 5.39. The second kappa shape index (κ2) is 8.62. The SMILES string of the molecule is COc1ccccc1-c1noc(COC(=O)COc2ccccc2[N+](=O)[O-])n1. The first kappa shape index (κ1) is 18.8. The molecule has 1 aromatic heterocycles. The molecular formula is C18H15N3O7. The minimum atomic E-state index is -0.741. The molecule has 3 aromatic rings. The molecule has 10 nitrogen and oxygen atoms in total. The van der Waals surface area contributed by atoms with Crippen molar-refractivity contribution in [1.29, 1.82) is 0 Å². The van der Waals surface area contributed by atoms with Crippen molar-refractivity contribution in [3.05, 3.63) is 64.5 Å². The minimum absolute atomic E-state index is 0.0271. The van der Waals surface area contributed by atoms with E-state index in [-0.39, 0.29) is 23.9 Å². The summed E-state index contributed by atoms with van der Waals surface area (Å²) in [7, 11) is 1.53. The van der Waals surface area contributed by atoms with Crippen molar-refractivity contribution >= 4 is 11.7 Å². The fraction of sp³-hybridized carbons (Fsp3) is 0.167. The van der Waals surface area contributed by atoms with Crippen LogP contribution in [-0.4, -0.2) is 34.7 Å². The van der Waals surface area contributed by atoms with E-state index < -0.39 is 17.5 Å². The lowest BCUT2D eigenvalue weighted by atomic mass is 10.2. The average molecular weight is 385 g/mol. The monoisotopic (exact) mass is 385 g/mol. The highest BCUT2D eigenvalue weighted by molar-refractivity contribution is 5.71. The Labute approximate surface area is 158 Å². The van der Waals surface area contributed by atoms with Gasteiger partial charge in [-0.2, -0.15) is 4.98 Å². The molecule has 3 rings (SSSR count). The van der Waals surface area contributed by atoms with Crippen LogP contribution in [0.5, 0.6) is 11.5 Å². The summed E-state index contributed by atoms with van der Waals surface area (Å²) < 4.78 is 20.4. The van der Waals surface area contributed by atoms with Gasteiger partial charge in [-0.1, -0.05) is 29.4 Å². The molecule has 10 heteroatoms. The fourth-order valence-corrected chi connectivity index (χ4v) is 2.30. The quantitative estimate of drug-likeness (QED) is 0.327. The van der Waals surface area contributed by atoms with E-state index in [1.54, 1.807) is 24.3 Å². The normalized spacial score (nSPS) is 10.3. The van der Waals surface area contributed by atoms with Gasteiger partial charge in [0.15, 0.2) is 19.0 Å². The average Bonchev–Trinajstić information content (AvgIpc) is 3.19. The van der Waals surface area contributed by atoms with Crippen molar-refractivity contribution in [2.45, 2.75) is 6.61 Å². The molecule has 28 heavy (non-hydrogen) atoms. The van der Waals surface area contributed by atoms with Crippen molar-refractivity contribution in [2.24, 2.45) is 0 Å². The van der Waals surface area contributed by atoms with Crippen LogP contribution >= 0.6 is 0 Å². The number of ether oxygens (including phenoxy) is 3. The Morgan fingerprint density at radius 3 is 2.61 bits per heavy atom. The number of nitro benzene ring substituents is 1. The molecule has 0 aliphatic carbocycles. The Bertz CT molecular complexity index is 987. The molecule has 0 fully saturated rings. The van der Waals surface area contributed by atoms with Crippen molar-refractivity contribution in [3.8, 4) is 22.9 Å². The lowest BCUT2D eigenvalue weighted by Crippen LogP contribution is -2.15. The van der Waals surface area contributed by atoms with Crippen LogP contribution in [0.15, 0.2) is 53.1 Å². The number of rotatable bonds is 8. The Morgan fingerprint density at radius 1 is 1.14 bits per heavy atom. The molecule has 0 radical (unpaired) electrons. The number of nitrogens with zero attached hydrogens (tertiary/aromatic N) is 3. The summed E-state index contributed by atoms with van der Waals surface area (Å²) in [6.07, 6.45) is 0. The van der Waals surface area contributed by atoms with E-state index >= 15 is 0 Å². The summed E-state index contributed by atoms with van der Waals surface area (Å²) in [4.78, 5) is 26.3. The predicted molar refractivity (Wildman–Crippen MR) is 94.7 cm³/mol. The van der Waals surface area contributed by atoms with Gasteiger partial charge in [0, 0.05) is 6.07 Å². The second-order valence-electron chi connectivity index (χ2n) is 5.39.